The van der Waals surface area contributed by atoms with Gasteiger partial charge in [-0.25, -0.2) is 4.79 Å². The minimum atomic E-state index is -0.860. The lowest BCUT2D eigenvalue weighted by molar-refractivity contribution is -0.117. The summed E-state index contributed by atoms with van der Waals surface area (Å²) in [5, 5.41) is 23.9. The Morgan fingerprint density at radius 2 is 1.90 bits per heavy atom. The Labute approximate surface area is 252 Å². The van der Waals surface area contributed by atoms with Crippen molar-refractivity contribution in [3.05, 3.63) is 76.8 Å². The number of carbonyl (C=O) groups excluding carboxylic acids is 2. The van der Waals surface area contributed by atoms with Gasteiger partial charge in [-0.3, -0.25) is 4.79 Å². The number of rotatable bonds is 5. The van der Waals surface area contributed by atoms with Crippen molar-refractivity contribution in [3.8, 4) is 17.6 Å². The Bertz CT molecular complexity index is 1220. The van der Waals surface area contributed by atoms with Crippen LogP contribution in [0.5, 0.6) is 5.75 Å². The van der Waals surface area contributed by atoms with E-state index in [1.54, 1.807) is 36.4 Å². The summed E-state index contributed by atoms with van der Waals surface area (Å²) in [7, 11) is 0. The van der Waals surface area contributed by atoms with Crippen LogP contribution < -0.4 is 11.1 Å². The maximum atomic E-state index is 12.6. The quantitative estimate of drug-likeness (QED) is 0.220. The number of hydrogen-bond acceptors (Lipinski definition) is 5. The molecule has 7 nitrogen and oxygen atoms in total. The zero-order valence-electron chi connectivity index (χ0n) is 24.5. The number of carbonyl (C=O) groups is 2. The van der Waals surface area contributed by atoms with Gasteiger partial charge in [-0.15, -0.1) is 0 Å². The van der Waals surface area contributed by atoms with E-state index in [4.69, 9.17) is 10.5 Å². The van der Waals surface area contributed by atoms with Gasteiger partial charge in [0.15, 0.2) is 0 Å². The molecule has 41 heavy (non-hydrogen) atoms. The predicted octanol–water partition coefficient (Wildman–Crippen LogP) is 6.48. The number of hydrogen-bond donors (Lipinski definition) is 4. The first-order valence-electron chi connectivity index (χ1n) is 13.9. The number of nitrogens with two attached hydrogens (primary N) is 1. The minimum absolute atomic E-state index is 0.0180. The number of benzene rings is 1. The third-order valence-corrected chi connectivity index (χ3v) is 7.95. The fourth-order valence-corrected chi connectivity index (χ4v) is 5.08. The molecule has 0 spiro atoms. The molecule has 2 amide bonds. The molecular formula is C33H43BrN2O5. The first-order valence-corrected chi connectivity index (χ1v) is 14.7. The molecule has 5 N–H and O–H groups in total. The fourth-order valence-electron chi connectivity index (χ4n) is 4.60. The van der Waals surface area contributed by atoms with Gasteiger partial charge in [0.25, 0.3) is 0 Å². The van der Waals surface area contributed by atoms with E-state index in [-0.39, 0.29) is 41.6 Å². The molecule has 6 atom stereocenters. The molecule has 0 aliphatic carbocycles. The standard InChI is InChI=1S/C33H43BrN2O5/c1-22-12-10-16-29(38)36-27(24(3)18-17-23(2)21-25(20-22)41-32(35)40)14-8-6-7-9-19-33(4,5)31(39)26-13-11-15-28(37)30(26)34/h8-11,13-19,22-25,27,31,37,39H,12,20-21H2,1-5H3,(H2,35,40)(H,36,38)/b14-8+,16-10-,18-17+,19-9+/t22-,23+,24+,25-,27-,31-/m1/s1. The lowest BCUT2D eigenvalue weighted by atomic mass is 9.82. The number of halogens is 1. The van der Waals surface area contributed by atoms with Gasteiger partial charge in [0, 0.05) is 5.41 Å². The first kappa shape index (κ1) is 33.9. The summed E-state index contributed by atoms with van der Waals surface area (Å²) >= 11 is 3.34. The summed E-state index contributed by atoms with van der Waals surface area (Å²) < 4.78 is 5.82. The molecule has 0 fully saturated rings. The maximum absolute atomic E-state index is 12.6. The Morgan fingerprint density at radius 1 is 1.20 bits per heavy atom. The smallest absolute Gasteiger partial charge is 0.404 e. The Hall–Kier alpha value is -3.28. The van der Waals surface area contributed by atoms with Crippen molar-refractivity contribution in [1.82, 2.24) is 5.32 Å². The average Bonchev–Trinajstić information content (AvgIpc) is 2.88. The van der Waals surface area contributed by atoms with Crippen LogP contribution in [-0.4, -0.2) is 34.4 Å². The molecule has 0 bridgehead atoms. The van der Waals surface area contributed by atoms with Crippen molar-refractivity contribution in [2.75, 3.05) is 0 Å². The highest BCUT2D eigenvalue weighted by Gasteiger charge is 2.28. The second-order valence-corrected chi connectivity index (χ2v) is 12.2. The Morgan fingerprint density at radius 3 is 2.61 bits per heavy atom. The second-order valence-electron chi connectivity index (χ2n) is 11.4. The summed E-state index contributed by atoms with van der Waals surface area (Å²) in [5.74, 6) is 6.18. The van der Waals surface area contributed by atoms with Crippen molar-refractivity contribution in [2.24, 2.45) is 28.9 Å². The van der Waals surface area contributed by atoms with Crippen LogP contribution in [0.4, 0.5) is 4.79 Å². The fraction of sp³-hybridized carbons (Fsp3) is 0.455. The number of phenolic OH excluding ortho intramolecular Hbond substituents is 1. The number of aliphatic hydroxyl groups excluding tert-OH is 1. The Balaban J connectivity index is 2.15. The van der Waals surface area contributed by atoms with E-state index in [0.29, 0.717) is 29.3 Å². The molecule has 1 aliphatic heterocycles. The molecule has 1 aromatic rings. The normalized spacial score (nSPS) is 26.8. The first-order chi connectivity index (χ1) is 19.3. The zero-order valence-corrected chi connectivity index (χ0v) is 26.1. The predicted molar refractivity (Wildman–Crippen MR) is 167 cm³/mol. The molecule has 8 heteroatoms. The van der Waals surface area contributed by atoms with Gasteiger partial charge in [0.1, 0.15) is 11.9 Å². The number of primary amides is 1. The van der Waals surface area contributed by atoms with Gasteiger partial charge >= 0.3 is 6.09 Å². The van der Waals surface area contributed by atoms with Crippen LogP contribution in [-0.2, 0) is 9.53 Å². The number of allylic oxidation sites excluding steroid dienone is 4. The molecule has 2 rings (SSSR count). The van der Waals surface area contributed by atoms with Crippen molar-refractivity contribution in [2.45, 2.75) is 72.1 Å². The van der Waals surface area contributed by atoms with Gasteiger partial charge in [-0.2, -0.15) is 0 Å². The van der Waals surface area contributed by atoms with Crippen molar-refractivity contribution >= 4 is 27.9 Å². The number of amides is 2. The molecule has 1 heterocycles. The van der Waals surface area contributed by atoms with E-state index < -0.39 is 17.6 Å². The monoisotopic (exact) mass is 626 g/mol. The third-order valence-electron chi connectivity index (χ3n) is 7.08. The third kappa shape index (κ3) is 11.6. The number of ether oxygens (including phenoxy) is 1. The summed E-state index contributed by atoms with van der Waals surface area (Å²) in [5.41, 5.74) is 5.24. The minimum Gasteiger partial charge on any atom is -0.507 e. The van der Waals surface area contributed by atoms with Crippen LogP contribution in [0.2, 0.25) is 0 Å². The summed E-state index contributed by atoms with van der Waals surface area (Å²) in [6.07, 6.45) is 14.7. The molecule has 0 unspecified atom stereocenters. The van der Waals surface area contributed by atoms with Crippen molar-refractivity contribution in [1.29, 1.82) is 0 Å². The van der Waals surface area contributed by atoms with Crippen molar-refractivity contribution < 1.29 is 24.5 Å². The lowest BCUT2D eigenvalue weighted by Gasteiger charge is -2.28. The molecular weight excluding hydrogens is 584 g/mol. The van der Waals surface area contributed by atoms with Gasteiger partial charge in [0.2, 0.25) is 5.91 Å². The highest BCUT2D eigenvalue weighted by Crippen LogP contribution is 2.40. The summed E-state index contributed by atoms with van der Waals surface area (Å²) in [4.78, 5) is 24.0. The van der Waals surface area contributed by atoms with E-state index in [1.165, 1.54) is 0 Å². The van der Waals surface area contributed by atoms with Crippen LogP contribution in [0, 0.1) is 35.0 Å². The van der Waals surface area contributed by atoms with Gasteiger partial charge in [-0.1, -0.05) is 89.0 Å². The van der Waals surface area contributed by atoms with Crippen LogP contribution in [0.3, 0.4) is 0 Å². The van der Waals surface area contributed by atoms with E-state index in [0.717, 1.165) is 0 Å². The summed E-state index contributed by atoms with van der Waals surface area (Å²) in [6.45, 7) is 9.91. The van der Waals surface area contributed by atoms with Crippen molar-refractivity contribution in [3.63, 3.8) is 0 Å². The van der Waals surface area contributed by atoms with Gasteiger partial charge < -0.3 is 26.0 Å². The van der Waals surface area contributed by atoms with Crippen LogP contribution in [0.25, 0.3) is 0 Å². The topological polar surface area (TPSA) is 122 Å². The van der Waals surface area contributed by atoms with Gasteiger partial charge in [0.05, 0.1) is 16.6 Å². The highest BCUT2D eigenvalue weighted by atomic mass is 79.9. The molecule has 0 aromatic heterocycles. The van der Waals surface area contributed by atoms with E-state index in [1.807, 2.05) is 39.0 Å². The molecule has 0 radical (unpaired) electrons. The number of nitrogens with one attached hydrogen (secondary N) is 1. The second kappa shape index (κ2) is 16.2. The SMILES string of the molecule is C[C@@H]1C/C=C\C(=O)N[C@H](/C=C/C#C/C=C/C(C)(C)[C@H](O)c2cccc(O)c2Br)[C@@H](C)/C=C/[C@H](C)C[C@H](OC(N)=O)C1. The van der Waals surface area contributed by atoms with Crippen LogP contribution >= 0.6 is 15.9 Å². The molecule has 0 saturated heterocycles. The number of phenols is 1. The lowest BCUT2D eigenvalue weighted by Crippen LogP contribution is -2.36. The van der Waals surface area contributed by atoms with Gasteiger partial charge in [-0.05, 0) is 82.8 Å². The zero-order chi connectivity index (χ0) is 30.6. The molecule has 1 aliphatic rings. The largest absolute Gasteiger partial charge is 0.507 e. The number of aliphatic hydroxyl groups is 1. The molecule has 1 aromatic carbocycles. The van der Waals surface area contributed by atoms with Crippen LogP contribution in [0.15, 0.2) is 71.3 Å². The number of aromatic hydroxyl groups is 1. The highest BCUT2D eigenvalue weighted by molar-refractivity contribution is 9.10. The van der Waals surface area contributed by atoms with E-state index >= 15 is 0 Å². The summed E-state index contributed by atoms with van der Waals surface area (Å²) in [6, 6.07) is 4.72. The molecule has 222 valence electrons. The Kier molecular flexibility index (Phi) is 13.4. The van der Waals surface area contributed by atoms with Crippen LogP contribution in [0.1, 0.15) is 65.5 Å². The van der Waals surface area contributed by atoms with E-state index in [2.05, 4.69) is 59.1 Å². The average molecular weight is 628 g/mol. The maximum Gasteiger partial charge on any atom is 0.404 e. The van der Waals surface area contributed by atoms with E-state index in [9.17, 15) is 19.8 Å². The molecule has 0 saturated carbocycles.